The van der Waals surface area contributed by atoms with E-state index in [-0.39, 0.29) is 5.91 Å². The maximum Gasteiger partial charge on any atom is 0.254 e. The quantitative estimate of drug-likeness (QED) is 0.445. The second-order valence-electron chi connectivity index (χ2n) is 8.19. The molecule has 0 bridgehead atoms. The molecule has 8 heteroatoms. The summed E-state index contributed by atoms with van der Waals surface area (Å²) in [5.41, 5.74) is 7.26. The molecule has 0 radical (unpaired) electrons. The number of halogens is 1. The van der Waals surface area contributed by atoms with Crippen LogP contribution in [-0.4, -0.2) is 37.5 Å². The molecule has 1 amide bonds. The third kappa shape index (κ3) is 4.45. The monoisotopic (exact) mass is 458 g/mol. The van der Waals surface area contributed by atoms with Crippen LogP contribution in [0.3, 0.4) is 0 Å². The average molecular weight is 459 g/mol. The van der Waals surface area contributed by atoms with Gasteiger partial charge in [0.2, 0.25) is 5.95 Å². The molecule has 2 aromatic carbocycles. The van der Waals surface area contributed by atoms with Crippen molar-refractivity contribution in [3.8, 4) is 11.3 Å². The Morgan fingerprint density at radius 2 is 1.73 bits per heavy atom. The number of aryl methyl sites for hydroxylation is 2. The number of nitrogens with zero attached hydrogens (tertiary/aromatic N) is 4. The van der Waals surface area contributed by atoms with Crippen molar-refractivity contribution >= 4 is 29.1 Å². The Morgan fingerprint density at radius 3 is 2.42 bits per heavy atom. The molecule has 4 aromatic rings. The summed E-state index contributed by atoms with van der Waals surface area (Å²) < 4.78 is 0. The molecule has 3 heterocycles. The Morgan fingerprint density at radius 1 is 1.03 bits per heavy atom. The minimum Gasteiger partial charge on any atom is -0.334 e. The van der Waals surface area contributed by atoms with E-state index in [9.17, 15) is 4.79 Å². The van der Waals surface area contributed by atoms with Gasteiger partial charge in [0.05, 0.1) is 5.69 Å². The van der Waals surface area contributed by atoms with Crippen LogP contribution in [0.15, 0.2) is 54.6 Å². The van der Waals surface area contributed by atoms with E-state index in [0.29, 0.717) is 29.6 Å². The Labute approximate surface area is 196 Å². The van der Waals surface area contributed by atoms with E-state index in [1.165, 1.54) is 0 Å². The lowest BCUT2D eigenvalue weighted by atomic mass is 10.0. The number of amides is 1. The lowest BCUT2D eigenvalue weighted by molar-refractivity contribution is 0.0734. The van der Waals surface area contributed by atoms with Crippen molar-refractivity contribution in [3.05, 3.63) is 87.8 Å². The van der Waals surface area contributed by atoms with E-state index in [1.807, 2.05) is 73.3 Å². The molecular weight excluding hydrogens is 436 g/mol. The molecule has 2 aromatic heterocycles. The van der Waals surface area contributed by atoms with Gasteiger partial charge in [-0.1, -0.05) is 23.7 Å². The molecule has 1 aliphatic rings. The number of nitrogens with one attached hydrogen (secondary N) is 2. The Balaban J connectivity index is 1.32. The highest BCUT2D eigenvalue weighted by Crippen LogP contribution is 2.30. The fourth-order valence-corrected chi connectivity index (χ4v) is 4.23. The molecule has 0 aliphatic carbocycles. The van der Waals surface area contributed by atoms with Gasteiger partial charge >= 0.3 is 0 Å². The first-order valence-electron chi connectivity index (χ1n) is 10.8. The molecule has 33 heavy (non-hydrogen) atoms. The minimum atomic E-state index is -0.00175. The van der Waals surface area contributed by atoms with Crippen molar-refractivity contribution in [2.24, 2.45) is 0 Å². The third-order valence-electron chi connectivity index (χ3n) is 5.71. The SMILES string of the molecule is Cc1cc(C)nc(Nc2ccc(C(=O)N3CCc4[nH]nc(-c5ccc(Cl)cc5)c4C3)cc2)n1. The maximum absolute atomic E-state index is 13.2. The van der Waals surface area contributed by atoms with Crippen molar-refractivity contribution in [3.63, 3.8) is 0 Å². The van der Waals surface area contributed by atoms with Crippen LogP contribution in [0.2, 0.25) is 5.02 Å². The number of hydrogen-bond donors (Lipinski definition) is 2. The third-order valence-corrected chi connectivity index (χ3v) is 5.96. The zero-order chi connectivity index (χ0) is 22.9. The summed E-state index contributed by atoms with van der Waals surface area (Å²) in [5, 5.41) is 11.5. The minimum absolute atomic E-state index is 0.00175. The number of aromatic amines is 1. The number of carbonyl (C=O) groups is 1. The molecule has 2 N–H and O–H groups in total. The molecule has 7 nitrogen and oxygen atoms in total. The summed E-state index contributed by atoms with van der Waals surface area (Å²) in [7, 11) is 0. The highest BCUT2D eigenvalue weighted by Gasteiger charge is 2.26. The van der Waals surface area contributed by atoms with Crippen LogP contribution >= 0.6 is 11.6 Å². The molecule has 0 spiro atoms. The zero-order valence-corrected chi connectivity index (χ0v) is 19.1. The van der Waals surface area contributed by atoms with Crippen LogP contribution in [0.1, 0.15) is 33.0 Å². The van der Waals surface area contributed by atoms with Crippen LogP contribution in [0.5, 0.6) is 0 Å². The van der Waals surface area contributed by atoms with Gasteiger partial charge in [-0.2, -0.15) is 5.10 Å². The molecule has 0 saturated heterocycles. The van der Waals surface area contributed by atoms with Gasteiger partial charge in [0.25, 0.3) is 5.91 Å². The number of anilines is 2. The van der Waals surface area contributed by atoms with Gasteiger partial charge in [-0.05, 0) is 56.3 Å². The largest absolute Gasteiger partial charge is 0.334 e. The van der Waals surface area contributed by atoms with E-state index in [1.54, 1.807) is 0 Å². The van der Waals surface area contributed by atoms with Crippen molar-refractivity contribution in [1.29, 1.82) is 0 Å². The zero-order valence-electron chi connectivity index (χ0n) is 18.4. The lowest BCUT2D eigenvalue weighted by Crippen LogP contribution is -2.35. The first-order chi connectivity index (χ1) is 16.0. The van der Waals surface area contributed by atoms with E-state index in [2.05, 4.69) is 25.5 Å². The average Bonchev–Trinajstić information content (AvgIpc) is 3.22. The molecule has 166 valence electrons. The van der Waals surface area contributed by atoms with Gasteiger partial charge in [-0.15, -0.1) is 0 Å². The summed E-state index contributed by atoms with van der Waals surface area (Å²) in [5.74, 6) is 0.544. The van der Waals surface area contributed by atoms with E-state index < -0.39 is 0 Å². The van der Waals surface area contributed by atoms with Crippen LogP contribution in [0.25, 0.3) is 11.3 Å². The fraction of sp³-hybridized carbons (Fsp3) is 0.200. The Kier molecular flexibility index (Phi) is 5.56. The van der Waals surface area contributed by atoms with Crippen molar-refractivity contribution in [2.45, 2.75) is 26.8 Å². The van der Waals surface area contributed by atoms with Crippen LogP contribution in [0.4, 0.5) is 11.6 Å². The van der Waals surface area contributed by atoms with Crippen LogP contribution in [-0.2, 0) is 13.0 Å². The summed E-state index contributed by atoms with van der Waals surface area (Å²) in [6, 6.07) is 16.9. The molecule has 0 saturated carbocycles. The normalized spacial score (nSPS) is 13.0. The topological polar surface area (TPSA) is 86.8 Å². The predicted molar refractivity (Wildman–Crippen MR) is 129 cm³/mol. The van der Waals surface area contributed by atoms with E-state index in [4.69, 9.17) is 11.6 Å². The lowest BCUT2D eigenvalue weighted by Gasteiger charge is -2.27. The van der Waals surface area contributed by atoms with Gasteiger partial charge in [-0.3, -0.25) is 9.89 Å². The number of fused-ring (bicyclic) bond motifs is 1. The van der Waals surface area contributed by atoms with Gasteiger partial charge < -0.3 is 10.2 Å². The summed E-state index contributed by atoms with van der Waals surface area (Å²) in [6.45, 7) is 5.03. The van der Waals surface area contributed by atoms with Crippen molar-refractivity contribution in [2.75, 3.05) is 11.9 Å². The number of benzene rings is 2. The standard InChI is InChI=1S/C25H23ClN6O/c1-15-13-16(2)28-25(27-15)29-20-9-5-18(6-10-20)24(33)32-12-11-22-21(14-32)23(31-30-22)17-3-7-19(26)8-4-17/h3-10,13H,11-12,14H2,1-2H3,(H,30,31)(H,27,28,29). The molecule has 0 atom stereocenters. The second-order valence-corrected chi connectivity index (χ2v) is 8.63. The Bertz CT molecular complexity index is 1290. The first-order valence-corrected chi connectivity index (χ1v) is 11.1. The smallest absolute Gasteiger partial charge is 0.254 e. The number of aromatic nitrogens is 4. The summed E-state index contributed by atoms with van der Waals surface area (Å²) in [6.07, 6.45) is 0.741. The number of rotatable bonds is 4. The van der Waals surface area contributed by atoms with E-state index in [0.717, 1.165) is 46.0 Å². The van der Waals surface area contributed by atoms with Crippen LogP contribution in [0, 0.1) is 13.8 Å². The highest BCUT2D eigenvalue weighted by molar-refractivity contribution is 6.30. The molecule has 5 rings (SSSR count). The molecule has 0 fully saturated rings. The first kappa shape index (κ1) is 21.2. The van der Waals surface area contributed by atoms with Crippen molar-refractivity contribution in [1.82, 2.24) is 25.1 Å². The van der Waals surface area contributed by atoms with Crippen LogP contribution < -0.4 is 5.32 Å². The number of hydrogen-bond acceptors (Lipinski definition) is 5. The molecule has 0 unspecified atom stereocenters. The van der Waals surface area contributed by atoms with Gasteiger partial charge in [0.1, 0.15) is 0 Å². The number of H-pyrrole nitrogens is 1. The summed E-state index contributed by atoms with van der Waals surface area (Å²) in [4.78, 5) is 23.9. The molecular formula is C25H23ClN6O. The maximum atomic E-state index is 13.2. The molecule has 1 aliphatic heterocycles. The highest BCUT2D eigenvalue weighted by atomic mass is 35.5. The van der Waals surface area contributed by atoms with E-state index >= 15 is 0 Å². The second kappa shape index (κ2) is 8.67. The summed E-state index contributed by atoms with van der Waals surface area (Å²) >= 11 is 6.03. The van der Waals surface area contributed by atoms with Gasteiger partial charge in [0, 0.05) is 64.0 Å². The Hall–Kier alpha value is -3.71. The van der Waals surface area contributed by atoms with Gasteiger partial charge in [-0.25, -0.2) is 9.97 Å². The number of carbonyl (C=O) groups excluding carboxylic acids is 1. The fourth-order valence-electron chi connectivity index (χ4n) is 4.10. The van der Waals surface area contributed by atoms with Crippen molar-refractivity contribution < 1.29 is 4.79 Å². The predicted octanol–water partition coefficient (Wildman–Crippen LogP) is 5.08. The van der Waals surface area contributed by atoms with Gasteiger partial charge in [0.15, 0.2) is 0 Å².